The van der Waals surface area contributed by atoms with Gasteiger partial charge in [-0.2, -0.15) is 9.98 Å². The molecule has 156 valence electrons. The number of nitrogens with zero attached hydrogens (tertiary/aromatic N) is 5. The maximum absolute atomic E-state index is 5.98. The summed E-state index contributed by atoms with van der Waals surface area (Å²) in [5.74, 6) is 1.67. The first kappa shape index (κ1) is 21.3. The third-order valence-corrected chi connectivity index (χ3v) is 3.72. The van der Waals surface area contributed by atoms with Gasteiger partial charge in [-0.3, -0.25) is 9.98 Å². The fourth-order valence-electron chi connectivity index (χ4n) is 2.45. The van der Waals surface area contributed by atoms with Crippen LogP contribution in [0.2, 0.25) is 0 Å². The molecule has 0 fully saturated rings. The minimum absolute atomic E-state index is 0.0476. The van der Waals surface area contributed by atoms with Crippen molar-refractivity contribution in [3.8, 4) is 0 Å². The number of aliphatic imine (C=N–C) groups is 4. The zero-order valence-electron chi connectivity index (χ0n) is 16.8. The van der Waals surface area contributed by atoms with Crippen molar-refractivity contribution >= 4 is 29.7 Å². The number of rotatable bonds is 5. The maximum atomic E-state index is 5.98. The van der Waals surface area contributed by atoms with E-state index >= 15 is 0 Å². The molecule has 10 N–H and O–H groups in total. The van der Waals surface area contributed by atoms with Gasteiger partial charge in [0.25, 0.3) is 0 Å². The first-order valence-electron chi connectivity index (χ1n) is 8.80. The van der Waals surface area contributed by atoms with E-state index in [4.69, 9.17) is 17.2 Å². The van der Waals surface area contributed by atoms with Crippen molar-refractivity contribution in [2.75, 3.05) is 26.5 Å². The highest BCUT2D eigenvalue weighted by atomic mass is 15.3. The smallest absolute Gasteiger partial charge is 0.223 e. The average Bonchev–Trinajstić information content (AvgIpc) is 3.34. The number of nitrogens with one attached hydrogen (secondary N) is 4. The van der Waals surface area contributed by atoms with Gasteiger partial charge >= 0.3 is 0 Å². The van der Waals surface area contributed by atoms with Gasteiger partial charge in [0.1, 0.15) is 5.82 Å². The largest absolute Gasteiger partial charge is 0.370 e. The van der Waals surface area contributed by atoms with Gasteiger partial charge in [0, 0.05) is 38.7 Å². The van der Waals surface area contributed by atoms with Crippen LogP contribution in [0, 0.1) is 0 Å². The molecule has 29 heavy (non-hydrogen) atoms. The highest BCUT2D eigenvalue weighted by Crippen LogP contribution is 2.09. The first-order chi connectivity index (χ1) is 13.9. The van der Waals surface area contributed by atoms with Crippen LogP contribution < -0.4 is 27.8 Å². The predicted octanol–water partition coefficient (Wildman–Crippen LogP) is -0.464. The molecule has 0 saturated carbocycles. The molecule has 0 aliphatic rings. The molecule has 0 aromatic carbocycles. The molecule has 0 aliphatic carbocycles. The first-order valence-corrected chi connectivity index (χ1v) is 8.80. The van der Waals surface area contributed by atoms with Crippen molar-refractivity contribution in [3.05, 3.63) is 41.9 Å². The Morgan fingerprint density at radius 3 is 2.48 bits per heavy atom. The van der Waals surface area contributed by atoms with E-state index in [0.717, 1.165) is 11.4 Å². The van der Waals surface area contributed by atoms with Crippen LogP contribution in [0.3, 0.4) is 0 Å². The third-order valence-electron chi connectivity index (χ3n) is 3.72. The molecular formula is C17H28N12. The number of aromatic nitrogens is 2. The molecule has 0 spiro atoms. The Morgan fingerprint density at radius 1 is 1.07 bits per heavy atom. The Morgan fingerprint density at radius 2 is 1.86 bits per heavy atom. The molecule has 0 saturated heterocycles. The van der Waals surface area contributed by atoms with E-state index < -0.39 is 0 Å². The van der Waals surface area contributed by atoms with Gasteiger partial charge in [-0.15, -0.1) is 0 Å². The number of hydrogen-bond donors (Lipinski definition) is 7. The van der Waals surface area contributed by atoms with Crippen molar-refractivity contribution in [1.82, 2.24) is 20.2 Å². The number of aromatic amines is 2. The standard InChI is InChI=1S/C17H28N12/c1-21-16(24-9-11-5-4-8-23-11)28-15(20)26-13-7-6-12(25-13)10-29(3)17(22-2)27-14(18)19/h4-8,23,25H,9-10H2,1-3H3,(H4,18,19,22,27)(H4,20,21,24,26,28). The van der Waals surface area contributed by atoms with Gasteiger partial charge < -0.3 is 42.7 Å². The highest BCUT2D eigenvalue weighted by molar-refractivity contribution is 6.00. The number of H-pyrrole nitrogens is 2. The number of anilines is 1. The average molecular weight is 400 g/mol. The van der Waals surface area contributed by atoms with E-state index in [1.54, 1.807) is 19.0 Å². The molecule has 0 unspecified atom stereocenters. The van der Waals surface area contributed by atoms with E-state index in [-0.39, 0.29) is 11.9 Å². The zero-order valence-corrected chi connectivity index (χ0v) is 16.8. The SMILES string of the molecule is CN=C(N=C(N)Nc1ccc(CN(C)C(N=C(N)N)=NC)[nH]1)NCc1ccc[nH]1. The molecule has 2 heterocycles. The molecule has 0 atom stereocenters. The van der Waals surface area contributed by atoms with E-state index in [0.29, 0.717) is 30.8 Å². The summed E-state index contributed by atoms with van der Waals surface area (Å²) < 4.78 is 0. The summed E-state index contributed by atoms with van der Waals surface area (Å²) in [6.45, 7) is 1.08. The van der Waals surface area contributed by atoms with Crippen molar-refractivity contribution in [3.63, 3.8) is 0 Å². The summed E-state index contributed by atoms with van der Waals surface area (Å²) in [7, 11) is 5.09. The Hall–Kier alpha value is -3.96. The van der Waals surface area contributed by atoms with E-state index in [2.05, 4.69) is 40.6 Å². The summed E-state index contributed by atoms with van der Waals surface area (Å²) in [5.41, 5.74) is 18.7. The molecule has 0 aliphatic heterocycles. The lowest BCUT2D eigenvalue weighted by atomic mass is 10.4. The molecule has 0 amide bonds. The van der Waals surface area contributed by atoms with E-state index in [1.165, 1.54) is 0 Å². The predicted molar refractivity (Wildman–Crippen MR) is 118 cm³/mol. The Kier molecular flexibility index (Phi) is 7.65. The van der Waals surface area contributed by atoms with Gasteiger partial charge in [-0.1, -0.05) is 0 Å². The lowest BCUT2D eigenvalue weighted by molar-refractivity contribution is 0.488. The van der Waals surface area contributed by atoms with E-state index in [1.807, 2.05) is 37.5 Å². The second kappa shape index (κ2) is 10.4. The fraction of sp³-hybridized carbons (Fsp3) is 0.294. The maximum Gasteiger partial charge on any atom is 0.223 e. The zero-order chi connectivity index (χ0) is 21.2. The molecule has 2 aromatic rings. The Bertz CT molecular complexity index is 883. The summed E-state index contributed by atoms with van der Waals surface area (Å²) in [6, 6.07) is 7.65. The van der Waals surface area contributed by atoms with Crippen LogP contribution in [0.25, 0.3) is 0 Å². The second-order valence-electron chi connectivity index (χ2n) is 6.03. The number of hydrogen-bond acceptors (Lipinski definition) is 2. The van der Waals surface area contributed by atoms with Crippen LogP contribution >= 0.6 is 0 Å². The number of nitrogens with two attached hydrogens (primary N) is 3. The minimum atomic E-state index is -0.0476. The van der Waals surface area contributed by atoms with Crippen molar-refractivity contribution < 1.29 is 0 Å². The summed E-state index contributed by atoms with van der Waals surface area (Å²) in [5, 5.41) is 6.10. The van der Waals surface area contributed by atoms with Gasteiger partial charge in [-0.25, -0.2) is 0 Å². The van der Waals surface area contributed by atoms with Crippen LogP contribution in [-0.4, -0.2) is 59.8 Å². The molecule has 12 nitrogen and oxygen atoms in total. The lowest BCUT2D eigenvalue weighted by Gasteiger charge is -2.17. The molecule has 2 rings (SSSR count). The van der Waals surface area contributed by atoms with Crippen LogP contribution in [-0.2, 0) is 13.1 Å². The van der Waals surface area contributed by atoms with Gasteiger partial charge in [0.05, 0.1) is 13.1 Å². The van der Waals surface area contributed by atoms with Crippen molar-refractivity contribution in [2.45, 2.75) is 13.1 Å². The van der Waals surface area contributed by atoms with Crippen molar-refractivity contribution in [2.24, 2.45) is 37.2 Å². The Balaban J connectivity index is 1.94. The number of guanidine groups is 4. The van der Waals surface area contributed by atoms with Gasteiger partial charge in [0.15, 0.2) is 5.96 Å². The quantitative estimate of drug-likeness (QED) is 0.263. The lowest BCUT2D eigenvalue weighted by Crippen LogP contribution is -2.31. The monoisotopic (exact) mass is 400 g/mol. The summed E-state index contributed by atoms with van der Waals surface area (Å²) in [4.78, 5) is 24.5. The summed E-state index contributed by atoms with van der Waals surface area (Å²) >= 11 is 0. The van der Waals surface area contributed by atoms with Crippen LogP contribution in [0.15, 0.2) is 50.4 Å². The van der Waals surface area contributed by atoms with Gasteiger partial charge in [-0.05, 0) is 24.3 Å². The third kappa shape index (κ3) is 6.93. The normalized spacial score (nSPS) is 12.6. The van der Waals surface area contributed by atoms with E-state index in [9.17, 15) is 0 Å². The second-order valence-corrected chi connectivity index (χ2v) is 6.03. The molecular weight excluding hydrogens is 372 g/mol. The molecule has 12 heteroatoms. The molecule has 0 radical (unpaired) electrons. The van der Waals surface area contributed by atoms with Crippen molar-refractivity contribution in [1.29, 1.82) is 0 Å². The summed E-state index contributed by atoms with van der Waals surface area (Å²) in [6.07, 6.45) is 1.85. The Labute approximate surface area is 169 Å². The highest BCUT2D eigenvalue weighted by Gasteiger charge is 2.08. The van der Waals surface area contributed by atoms with Crippen LogP contribution in [0.5, 0.6) is 0 Å². The molecule has 0 bridgehead atoms. The minimum Gasteiger partial charge on any atom is -0.370 e. The van der Waals surface area contributed by atoms with Crippen LogP contribution in [0.4, 0.5) is 5.82 Å². The molecule has 2 aromatic heterocycles. The fourth-order valence-corrected chi connectivity index (χ4v) is 2.45. The van der Waals surface area contributed by atoms with Crippen LogP contribution in [0.1, 0.15) is 11.4 Å². The van der Waals surface area contributed by atoms with Gasteiger partial charge in [0.2, 0.25) is 17.9 Å². The topological polar surface area (TPSA) is 186 Å².